The summed E-state index contributed by atoms with van der Waals surface area (Å²) in [5.74, 6) is -5.00. The van der Waals surface area contributed by atoms with Crippen LogP contribution in [-0.2, 0) is 0 Å². The third-order valence-electron chi connectivity index (χ3n) is 1.88. The van der Waals surface area contributed by atoms with Gasteiger partial charge in [-0.25, -0.2) is 13.2 Å². The maximum absolute atomic E-state index is 12.8. The molecule has 1 aromatic carbocycles. The molecule has 0 atom stereocenters. The van der Waals surface area contributed by atoms with E-state index in [-0.39, 0.29) is 5.56 Å². The monoisotopic (exact) mass is 229 g/mol. The molecule has 0 heterocycles. The fraction of sp³-hybridized carbons (Fsp3) is 0.182. The van der Waals surface area contributed by atoms with Gasteiger partial charge in [-0.1, -0.05) is 6.08 Å². The summed E-state index contributed by atoms with van der Waals surface area (Å²) in [6.45, 7) is 3.76. The number of halogens is 3. The van der Waals surface area contributed by atoms with Gasteiger partial charge in [-0.15, -0.1) is 6.58 Å². The maximum Gasteiger partial charge on any atom is 0.251 e. The van der Waals surface area contributed by atoms with Crippen molar-refractivity contribution in [2.45, 2.75) is 6.42 Å². The molecule has 0 radical (unpaired) electrons. The van der Waals surface area contributed by atoms with Gasteiger partial charge in [0.25, 0.3) is 5.91 Å². The van der Waals surface area contributed by atoms with Crippen molar-refractivity contribution in [2.24, 2.45) is 0 Å². The van der Waals surface area contributed by atoms with Gasteiger partial charge in [0, 0.05) is 12.1 Å². The van der Waals surface area contributed by atoms with E-state index in [4.69, 9.17) is 0 Å². The summed E-state index contributed by atoms with van der Waals surface area (Å²) in [6, 6.07) is 1.31. The van der Waals surface area contributed by atoms with Crippen LogP contribution < -0.4 is 5.32 Å². The van der Waals surface area contributed by atoms with Crippen molar-refractivity contribution in [3.63, 3.8) is 0 Å². The highest BCUT2D eigenvalue weighted by Gasteiger charge is 2.14. The van der Waals surface area contributed by atoms with Crippen molar-refractivity contribution in [3.8, 4) is 0 Å². The summed E-state index contributed by atoms with van der Waals surface area (Å²) < 4.78 is 38.1. The first-order chi connectivity index (χ1) is 7.56. The second-order valence-electron chi connectivity index (χ2n) is 3.09. The normalized spacial score (nSPS) is 9.94. The molecular formula is C11H10F3NO. The Bertz CT molecular complexity index is 395. The lowest BCUT2D eigenvalue weighted by Gasteiger charge is -2.04. The van der Waals surface area contributed by atoms with E-state index in [1.54, 1.807) is 6.08 Å². The molecule has 0 saturated heterocycles. The van der Waals surface area contributed by atoms with Gasteiger partial charge in [0.15, 0.2) is 17.5 Å². The molecule has 5 heteroatoms. The van der Waals surface area contributed by atoms with Crippen molar-refractivity contribution >= 4 is 5.91 Å². The number of nitrogens with one attached hydrogen (secondary N) is 1. The molecule has 2 nitrogen and oxygen atoms in total. The third-order valence-corrected chi connectivity index (χ3v) is 1.88. The quantitative estimate of drug-likeness (QED) is 0.479. The Labute approximate surface area is 90.8 Å². The van der Waals surface area contributed by atoms with Crippen LogP contribution in [0.5, 0.6) is 0 Å². The maximum atomic E-state index is 12.8. The minimum Gasteiger partial charge on any atom is -0.352 e. The summed E-state index contributed by atoms with van der Waals surface area (Å²) in [5.41, 5.74) is -0.250. The van der Waals surface area contributed by atoms with Crippen molar-refractivity contribution in [2.75, 3.05) is 6.54 Å². The lowest BCUT2D eigenvalue weighted by atomic mass is 10.2. The van der Waals surface area contributed by atoms with Gasteiger partial charge in [0.05, 0.1) is 0 Å². The second-order valence-corrected chi connectivity index (χ2v) is 3.09. The fourth-order valence-electron chi connectivity index (χ4n) is 1.08. The van der Waals surface area contributed by atoms with Crippen molar-refractivity contribution in [1.29, 1.82) is 0 Å². The number of rotatable bonds is 4. The highest BCUT2D eigenvalue weighted by atomic mass is 19.2. The van der Waals surface area contributed by atoms with Crippen LogP contribution in [0.1, 0.15) is 16.8 Å². The molecule has 0 aliphatic heterocycles. The molecule has 1 N–H and O–H groups in total. The number of carbonyl (C=O) groups excluding carboxylic acids is 1. The van der Waals surface area contributed by atoms with E-state index in [1.807, 2.05) is 0 Å². The van der Waals surface area contributed by atoms with Gasteiger partial charge in [0.1, 0.15) is 0 Å². The van der Waals surface area contributed by atoms with E-state index < -0.39 is 23.4 Å². The van der Waals surface area contributed by atoms with Crippen LogP contribution in [0.25, 0.3) is 0 Å². The van der Waals surface area contributed by atoms with Gasteiger partial charge >= 0.3 is 0 Å². The van der Waals surface area contributed by atoms with Crippen LogP contribution in [0.2, 0.25) is 0 Å². The lowest BCUT2D eigenvalue weighted by Crippen LogP contribution is -2.24. The van der Waals surface area contributed by atoms with Crippen molar-refractivity contribution in [1.82, 2.24) is 5.32 Å². The summed E-state index contributed by atoms with van der Waals surface area (Å²) >= 11 is 0. The van der Waals surface area contributed by atoms with Crippen LogP contribution in [-0.4, -0.2) is 12.5 Å². The second kappa shape index (κ2) is 5.34. The standard InChI is InChI=1S/C11H10F3NO/c1-2-3-4-15-11(16)7-5-8(12)10(14)9(13)6-7/h2,5-6H,1,3-4H2,(H,15,16). The molecule has 0 unspecified atom stereocenters. The van der Waals surface area contributed by atoms with Gasteiger partial charge in [-0.05, 0) is 18.6 Å². The molecule has 0 aliphatic rings. The molecule has 0 aromatic heterocycles. The van der Waals surface area contributed by atoms with Crippen LogP contribution in [0, 0.1) is 17.5 Å². The zero-order valence-corrected chi connectivity index (χ0v) is 8.40. The Morgan fingerprint density at radius 1 is 1.31 bits per heavy atom. The fourth-order valence-corrected chi connectivity index (χ4v) is 1.08. The topological polar surface area (TPSA) is 29.1 Å². The van der Waals surface area contributed by atoms with Gasteiger partial charge in [-0.2, -0.15) is 0 Å². The highest BCUT2D eigenvalue weighted by Crippen LogP contribution is 2.13. The van der Waals surface area contributed by atoms with E-state index >= 15 is 0 Å². The third kappa shape index (κ3) is 2.85. The highest BCUT2D eigenvalue weighted by molar-refractivity contribution is 5.94. The molecule has 1 amide bonds. The van der Waals surface area contributed by atoms with Crippen LogP contribution in [0.4, 0.5) is 13.2 Å². The van der Waals surface area contributed by atoms with Gasteiger partial charge in [-0.3, -0.25) is 4.79 Å². The Kier molecular flexibility index (Phi) is 4.10. The first-order valence-electron chi connectivity index (χ1n) is 4.60. The van der Waals surface area contributed by atoms with E-state index in [2.05, 4.69) is 11.9 Å². The Morgan fingerprint density at radius 2 is 1.88 bits per heavy atom. The molecule has 1 aromatic rings. The predicted molar refractivity (Wildman–Crippen MR) is 53.5 cm³/mol. The molecule has 1 rings (SSSR count). The molecule has 0 aliphatic carbocycles. The first-order valence-corrected chi connectivity index (χ1v) is 4.60. The number of hydrogen-bond donors (Lipinski definition) is 1. The van der Waals surface area contributed by atoms with Crippen molar-refractivity contribution in [3.05, 3.63) is 47.8 Å². The Hall–Kier alpha value is -1.78. The summed E-state index contributed by atoms with van der Waals surface area (Å²) in [4.78, 5) is 11.3. The zero-order valence-electron chi connectivity index (χ0n) is 8.40. The molecule has 16 heavy (non-hydrogen) atoms. The number of carbonyl (C=O) groups is 1. The van der Waals surface area contributed by atoms with E-state index in [0.717, 1.165) is 0 Å². The van der Waals surface area contributed by atoms with Crippen LogP contribution in [0.3, 0.4) is 0 Å². The van der Waals surface area contributed by atoms with Crippen molar-refractivity contribution < 1.29 is 18.0 Å². The summed E-state index contributed by atoms with van der Waals surface area (Å²) in [6.07, 6.45) is 2.13. The average molecular weight is 229 g/mol. The minimum atomic E-state index is -1.58. The Morgan fingerprint density at radius 3 is 2.38 bits per heavy atom. The molecule has 86 valence electrons. The van der Waals surface area contributed by atoms with E-state index in [1.165, 1.54) is 0 Å². The van der Waals surface area contributed by atoms with Gasteiger partial charge in [0.2, 0.25) is 0 Å². The SMILES string of the molecule is C=CCCNC(=O)c1cc(F)c(F)c(F)c1. The molecule has 0 spiro atoms. The zero-order chi connectivity index (χ0) is 12.1. The average Bonchev–Trinajstić information content (AvgIpc) is 2.25. The minimum absolute atomic E-state index is 0.250. The van der Waals surface area contributed by atoms with Crippen LogP contribution in [0.15, 0.2) is 24.8 Å². The number of amides is 1. The number of hydrogen-bond acceptors (Lipinski definition) is 1. The smallest absolute Gasteiger partial charge is 0.251 e. The summed E-state index contributed by atoms with van der Waals surface area (Å²) in [5, 5.41) is 2.41. The molecular weight excluding hydrogens is 219 g/mol. The predicted octanol–water partition coefficient (Wildman–Crippen LogP) is 2.41. The molecule has 0 fully saturated rings. The molecule has 0 bridgehead atoms. The molecule has 0 saturated carbocycles. The van der Waals surface area contributed by atoms with Gasteiger partial charge < -0.3 is 5.32 Å². The van der Waals surface area contributed by atoms with E-state index in [0.29, 0.717) is 25.1 Å². The first kappa shape index (κ1) is 12.3. The largest absolute Gasteiger partial charge is 0.352 e. The number of benzene rings is 1. The Balaban J connectivity index is 2.80. The lowest BCUT2D eigenvalue weighted by molar-refractivity contribution is 0.0953. The summed E-state index contributed by atoms with van der Waals surface area (Å²) in [7, 11) is 0. The van der Waals surface area contributed by atoms with Crippen LogP contribution >= 0.6 is 0 Å². The van der Waals surface area contributed by atoms with E-state index in [9.17, 15) is 18.0 Å².